The highest BCUT2D eigenvalue weighted by atomic mass is 35.5. The Balaban J connectivity index is 2.05. The molecule has 0 aromatic heterocycles. The number of carbonyl (C=O) groups excluding carboxylic acids is 1. The summed E-state index contributed by atoms with van der Waals surface area (Å²) in [6.07, 6.45) is 0. The molecule has 110 valence electrons. The number of hydrogen-bond acceptors (Lipinski definition) is 2. The van der Waals surface area contributed by atoms with Gasteiger partial charge < -0.3 is 10.6 Å². The number of hydrogen-bond donors (Lipinski definition) is 2. The Morgan fingerprint density at radius 2 is 2.00 bits per heavy atom. The first-order valence-corrected chi connectivity index (χ1v) is 7.31. The Kier molecular flexibility index (Phi) is 4.89. The van der Waals surface area contributed by atoms with E-state index in [9.17, 15) is 9.18 Å². The molecule has 1 aromatic rings. The molecule has 1 aliphatic rings. The molecule has 1 fully saturated rings. The molecule has 0 saturated carbocycles. The van der Waals surface area contributed by atoms with Gasteiger partial charge in [0, 0.05) is 10.9 Å². The predicted molar refractivity (Wildman–Crippen MR) is 78.5 cm³/mol. The SMILES string of the molecule is CC(NC(=O)C(C)C1CNC1)c1cc(F)c(Cl)cc1Cl. The molecule has 1 aliphatic heterocycles. The second kappa shape index (κ2) is 6.29. The summed E-state index contributed by atoms with van der Waals surface area (Å²) in [6, 6.07) is 2.26. The van der Waals surface area contributed by atoms with E-state index < -0.39 is 5.82 Å². The minimum Gasteiger partial charge on any atom is -0.349 e. The molecule has 2 atom stereocenters. The van der Waals surface area contributed by atoms with Crippen LogP contribution in [0.25, 0.3) is 0 Å². The number of nitrogens with one attached hydrogen (secondary N) is 2. The molecule has 2 rings (SSSR count). The fraction of sp³-hybridized carbons (Fsp3) is 0.500. The third-order valence-electron chi connectivity index (χ3n) is 3.80. The van der Waals surface area contributed by atoms with Gasteiger partial charge in [-0.2, -0.15) is 0 Å². The number of benzene rings is 1. The maximum absolute atomic E-state index is 13.5. The highest BCUT2D eigenvalue weighted by Crippen LogP contribution is 2.29. The summed E-state index contributed by atoms with van der Waals surface area (Å²) >= 11 is 11.7. The van der Waals surface area contributed by atoms with Gasteiger partial charge in [-0.15, -0.1) is 0 Å². The fourth-order valence-electron chi connectivity index (χ4n) is 2.17. The molecule has 1 heterocycles. The smallest absolute Gasteiger partial charge is 0.223 e. The molecule has 0 spiro atoms. The molecule has 2 N–H and O–H groups in total. The van der Waals surface area contributed by atoms with Crippen molar-refractivity contribution in [1.82, 2.24) is 10.6 Å². The second-order valence-corrected chi connectivity index (χ2v) is 6.04. The second-order valence-electron chi connectivity index (χ2n) is 5.23. The molecule has 2 unspecified atom stereocenters. The van der Waals surface area contributed by atoms with Crippen LogP contribution in [-0.2, 0) is 4.79 Å². The van der Waals surface area contributed by atoms with E-state index in [4.69, 9.17) is 23.2 Å². The molecule has 1 aromatic carbocycles. The summed E-state index contributed by atoms with van der Waals surface area (Å²) in [5.41, 5.74) is 0.529. The lowest BCUT2D eigenvalue weighted by molar-refractivity contribution is -0.127. The van der Waals surface area contributed by atoms with Gasteiger partial charge in [-0.3, -0.25) is 4.79 Å². The van der Waals surface area contributed by atoms with Crippen molar-refractivity contribution in [3.63, 3.8) is 0 Å². The molecule has 6 heteroatoms. The Labute approximate surface area is 127 Å². The van der Waals surface area contributed by atoms with E-state index in [-0.39, 0.29) is 22.9 Å². The van der Waals surface area contributed by atoms with E-state index in [1.165, 1.54) is 12.1 Å². The van der Waals surface area contributed by atoms with E-state index >= 15 is 0 Å². The van der Waals surface area contributed by atoms with Gasteiger partial charge in [0.1, 0.15) is 5.82 Å². The van der Waals surface area contributed by atoms with Gasteiger partial charge in [0.05, 0.1) is 11.1 Å². The Hall–Kier alpha value is -0.840. The van der Waals surface area contributed by atoms with Crippen LogP contribution in [0, 0.1) is 17.7 Å². The normalized spacial score (nSPS) is 18.2. The quantitative estimate of drug-likeness (QED) is 0.837. The molecular weight excluding hydrogens is 302 g/mol. The monoisotopic (exact) mass is 318 g/mol. The summed E-state index contributed by atoms with van der Waals surface area (Å²) in [5, 5.41) is 6.34. The topological polar surface area (TPSA) is 41.1 Å². The van der Waals surface area contributed by atoms with E-state index in [1.807, 2.05) is 6.92 Å². The minimum absolute atomic E-state index is 0.0220. The largest absolute Gasteiger partial charge is 0.349 e. The summed E-state index contributed by atoms with van der Waals surface area (Å²) in [7, 11) is 0. The van der Waals surface area contributed by atoms with Crippen molar-refractivity contribution in [1.29, 1.82) is 0 Å². The highest BCUT2D eigenvalue weighted by molar-refractivity contribution is 6.35. The number of amides is 1. The van der Waals surface area contributed by atoms with Crippen LogP contribution in [0.4, 0.5) is 4.39 Å². The third-order valence-corrected chi connectivity index (χ3v) is 4.42. The number of rotatable bonds is 4. The lowest BCUT2D eigenvalue weighted by Crippen LogP contribution is -2.49. The van der Waals surface area contributed by atoms with E-state index in [1.54, 1.807) is 6.92 Å². The first kappa shape index (κ1) is 15.5. The maximum Gasteiger partial charge on any atom is 0.223 e. The Morgan fingerprint density at radius 3 is 2.55 bits per heavy atom. The summed E-state index contributed by atoms with van der Waals surface area (Å²) in [6.45, 7) is 5.40. The standard InChI is InChI=1S/C14H17Cl2FN2O/c1-7(9-5-18-6-9)14(20)19-8(2)10-3-13(17)12(16)4-11(10)15/h3-4,7-9,18H,5-6H2,1-2H3,(H,19,20). The van der Waals surface area contributed by atoms with Gasteiger partial charge >= 0.3 is 0 Å². The summed E-state index contributed by atoms with van der Waals surface area (Å²) in [5.74, 6) is -0.298. The Bertz CT molecular complexity index is 520. The van der Waals surface area contributed by atoms with Crippen LogP contribution in [0.15, 0.2) is 12.1 Å². The fourth-order valence-corrected chi connectivity index (χ4v) is 2.72. The highest BCUT2D eigenvalue weighted by Gasteiger charge is 2.29. The molecule has 0 radical (unpaired) electrons. The lowest BCUT2D eigenvalue weighted by Gasteiger charge is -2.32. The van der Waals surface area contributed by atoms with Crippen molar-refractivity contribution in [2.75, 3.05) is 13.1 Å². The molecule has 3 nitrogen and oxygen atoms in total. The molecular formula is C14H17Cl2FN2O. The summed E-state index contributed by atoms with van der Waals surface area (Å²) < 4.78 is 13.5. The zero-order valence-corrected chi connectivity index (χ0v) is 12.9. The van der Waals surface area contributed by atoms with Crippen molar-refractivity contribution >= 4 is 29.1 Å². The minimum atomic E-state index is -0.539. The maximum atomic E-state index is 13.5. The van der Waals surface area contributed by atoms with Crippen LogP contribution in [0.5, 0.6) is 0 Å². The first-order chi connectivity index (χ1) is 9.40. The van der Waals surface area contributed by atoms with E-state index in [0.717, 1.165) is 13.1 Å². The van der Waals surface area contributed by atoms with E-state index in [2.05, 4.69) is 10.6 Å². The van der Waals surface area contributed by atoms with Crippen molar-refractivity contribution in [2.45, 2.75) is 19.9 Å². The average molecular weight is 319 g/mol. The predicted octanol–water partition coefficient (Wildman–Crippen LogP) is 3.17. The zero-order valence-electron chi connectivity index (χ0n) is 11.3. The third kappa shape index (κ3) is 3.25. The van der Waals surface area contributed by atoms with Crippen LogP contribution < -0.4 is 10.6 Å². The van der Waals surface area contributed by atoms with Gasteiger partial charge in [-0.1, -0.05) is 30.1 Å². The number of halogens is 3. The van der Waals surface area contributed by atoms with E-state index in [0.29, 0.717) is 16.5 Å². The van der Waals surface area contributed by atoms with Gasteiger partial charge in [0.15, 0.2) is 0 Å². The van der Waals surface area contributed by atoms with Crippen LogP contribution in [0.2, 0.25) is 10.0 Å². The van der Waals surface area contributed by atoms with Crippen molar-refractivity contribution < 1.29 is 9.18 Å². The molecule has 0 bridgehead atoms. The zero-order chi connectivity index (χ0) is 14.9. The molecule has 0 aliphatic carbocycles. The lowest BCUT2D eigenvalue weighted by atomic mass is 9.88. The van der Waals surface area contributed by atoms with Gasteiger partial charge in [0.25, 0.3) is 0 Å². The average Bonchev–Trinajstić information content (AvgIpc) is 2.31. The van der Waals surface area contributed by atoms with Crippen LogP contribution >= 0.6 is 23.2 Å². The Morgan fingerprint density at radius 1 is 1.35 bits per heavy atom. The van der Waals surface area contributed by atoms with Crippen LogP contribution in [0.1, 0.15) is 25.5 Å². The van der Waals surface area contributed by atoms with Gasteiger partial charge in [-0.05, 0) is 43.6 Å². The molecule has 20 heavy (non-hydrogen) atoms. The van der Waals surface area contributed by atoms with Gasteiger partial charge in [0.2, 0.25) is 5.91 Å². The first-order valence-electron chi connectivity index (χ1n) is 6.55. The number of carbonyl (C=O) groups is 1. The van der Waals surface area contributed by atoms with Crippen molar-refractivity contribution in [2.24, 2.45) is 11.8 Å². The molecule has 1 amide bonds. The summed E-state index contributed by atoms with van der Waals surface area (Å²) in [4.78, 5) is 12.1. The van der Waals surface area contributed by atoms with Crippen LogP contribution in [-0.4, -0.2) is 19.0 Å². The van der Waals surface area contributed by atoms with Crippen LogP contribution in [0.3, 0.4) is 0 Å². The van der Waals surface area contributed by atoms with Crippen molar-refractivity contribution in [3.05, 3.63) is 33.6 Å². The van der Waals surface area contributed by atoms with Crippen molar-refractivity contribution in [3.8, 4) is 0 Å². The van der Waals surface area contributed by atoms with Gasteiger partial charge in [-0.25, -0.2) is 4.39 Å². The molecule has 1 saturated heterocycles.